The van der Waals surface area contributed by atoms with E-state index in [-0.39, 0.29) is 0 Å². The second kappa shape index (κ2) is 4.43. The van der Waals surface area contributed by atoms with Gasteiger partial charge in [0.25, 0.3) is 0 Å². The Kier molecular flexibility index (Phi) is 3.00. The van der Waals surface area contributed by atoms with Crippen LogP contribution in [0.1, 0.15) is 11.9 Å². The molecule has 2 aromatic heterocycles. The third kappa shape index (κ3) is 2.05. The minimum atomic E-state index is 0.768. The molecule has 5 heteroatoms. The van der Waals surface area contributed by atoms with E-state index in [1.807, 2.05) is 0 Å². The summed E-state index contributed by atoms with van der Waals surface area (Å²) >= 11 is 1.62. The normalized spacial score (nSPS) is 10.9. The first-order valence-corrected chi connectivity index (χ1v) is 5.49. The summed E-state index contributed by atoms with van der Waals surface area (Å²) in [5.74, 6) is 0. The van der Waals surface area contributed by atoms with Crippen LogP contribution < -0.4 is 5.32 Å². The SMILES string of the molecule is CCNCCc1nc2nccnc2s1. The van der Waals surface area contributed by atoms with Crippen LogP contribution in [0.25, 0.3) is 10.5 Å². The number of hydrogen-bond donors (Lipinski definition) is 1. The molecule has 0 saturated heterocycles. The first-order chi connectivity index (χ1) is 6.90. The van der Waals surface area contributed by atoms with Crippen LogP contribution in [0, 0.1) is 0 Å². The van der Waals surface area contributed by atoms with Crippen molar-refractivity contribution in [3.8, 4) is 0 Å². The zero-order chi connectivity index (χ0) is 9.80. The molecule has 14 heavy (non-hydrogen) atoms. The van der Waals surface area contributed by atoms with E-state index < -0.39 is 0 Å². The second-order valence-electron chi connectivity index (χ2n) is 2.90. The van der Waals surface area contributed by atoms with E-state index in [4.69, 9.17) is 0 Å². The minimum Gasteiger partial charge on any atom is -0.317 e. The van der Waals surface area contributed by atoms with Crippen LogP contribution in [0.3, 0.4) is 0 Å². The fraction of sp³-hybridized carbons (Fsp3) is 0.444. The van der Waals surface area contributed by atoms with E-state index >= 15 is 0 Å². The standard InChI is InChI=1S/C9H12N4S/c1-2-10-4-3-7-13-8-9(14-7)12-6-5-11-8/h5-6,10H,2-4H2,1H3. The zero-order valence-electron chi connectivity index (χ0n) is 8.03. The number of rotatable bonds is 4. The summed E-state index contributed by atoms with van der Waals surface area (Å²) < 4.78 is 0. The molecule has 0 fully saturated rings. The number of thiazole rings is 1. The Bertz CT molecular complexity index is 379. The van der Waals surface area contributed by atoms with Crippen LogP contribution in [-0.2, 0) is 6.42 Å². The molecule has 2 heterocycles. The van der Waals surface area contributed by atoms with Crippen molar-refractivity contribution in [1.29, 1.82) is 0 Å². The van der Waals surface area contributed by atoms with E-state index in [1.54, 1.807) is 23.7 Å². The molecular formula is C9H12N4S. The summed E-state index contributed by atoms with van der Waals surface area (Å²) in [6.07, 6.45) is 4.33. The van der Waals surface area contributed by atoms with Crippen molar-refractivity contribution in [1.82, 2.24) is 20.3 Å². The highest BCUT2D eigenvalue weighted by Crippen LogP contribution is 2.17. The molecule has 0 aliphatic rings. The van der Waals surface area contributed by atoms with Gasteiger partial charge in [0, 0.05) is 25.4 Å². The van der Waals surface area contributed by atoms with Crippen molar-refractivity contribution in [2.45, 2.75) is 13.3 Å². The Balaban J connectivity index is 2.11. The Morgan fingerprint density at radius 1 is 1.36 bits per heavy atom. The van der Waals surface area contributed by atoms with Gasteiger partial charge in [0.2, 0.25) is 0 Å². The lowest BCUT2D eigenvalue weighted by molar-refractivity contribution is 0.715. The molecule has 1 N–H and O–H groups in total. The summed E-state index contributed by atoms with van der Waals surface area (Å²) in [5.41, 5.74) is 0.768. The van der Waals surface area contributed by atoms with Gasteiger partial charge in [-0.1, -0.05) is 18.3 Å². The van der Waals surface area contributed by atoms with Crippen LogP contribution in [0.5, 0.6) is 0 Å². The van der Waals surface area contributed by atoms with Gasteiger partial charge < -0.3 is 5.32 Å². The third-order valence-electron chi connectivity index (χ3n) is 1.86. The quantitative estimate of drug-likeness (QED) is 0.768. The van der Waals surface area contributed by atoms with E-state index in [0.717, 1.165) is 35.0 Å². The Hall–Kier alpha value is -1.07. The monoisotopic (exact) mass is 208 g/mol. The summed E-state index contributed by atoms with van der Waals surface area (Å²) in [4.78, 5) is 13.7. The molecular weight excluding hydrogens is 196 g/mol. The number of hydrogen-bond acceptors (Lipinski definition) is 5. The van der Waals surface area contributed by atoms with E-state index in [2.05, 4.69) is 27.2 Å². The average Bonchev–Trinajstić information content (AvgIpc) is 2.60. The second-order valence-corrected chi connectivity index (χ2v) is 3.96. The van der Waals surface area contributed by atoms with Gasteiger partial charge in [-0.05, 0) is 6.54 Å². The van der Waals surface area contributed by atoms with Gasteiger partial charge in [-0.2, -0.15) is 0 Å². The molecule has 0 radical (unpaired) electrons. The van der Waals surface area contributed by atoms with Crippen molar-refractivity contribution in [3.05, 3.63) is 17.4 Å². The lowest BCUT2D eigenvalue weighted by Crippen LogP contribution is -2.15. The maximum atomic E-state index is 4.39. The largest absolute Gasteiger partial charge is 0.317 e. The zero-order valence-corrected chi connectivity index (χ0v) is 8.84. The van der Waals surface area contributed by atoms with Gasteiger partial charge in [0.15, 0.2) is 10.5 Å². The number of nitrogens with zero attached hydrogens (tertiary/aromatic N) is 3. The van der Waals surface area contributed by atoms with Crippen LogP contribution in [0.15, 0.2) is 12.4 Å². The molecule has 4 nitrogen and oxygen atoms in total. The van der Waals surface area contributed by atoms with Gasteiger partial charge in [-0.3, -0.25) is 0 Å². The van der Waals surface area contributed by atoms with Gasteiger partial charge in [0.05, 0.1) is 5.01 Å². The fourth-order valence-electron chi connectivity index (χ4n) is 1.20. The first-order valence-electron chi connectivity index (χ1n) is 4.67. The lowest BCUT2D eigenvalue weighted by atomic mass is 10.4. The van der Waals surface area contributed by atoms with Crippen molar-refractivity contribution < 1.29 is 0 Å². The maximum Gasteiger partial charge on any atom is 0.189 e. The van der Waals surface area contributed by atoms with E-state index in [0.29, 0.717) is 0 Å². The summed E-state index contributed by atoms with van der Waals surface area (Å²) in [7, 11) is 0. The van der Waals surface area contributed by atoms with Crippen molar-refractivity contribution >= 4 is 21.8 Å². The summed E-state index contributed by atoms with van der Waals surface area (Å²) in [5, 5.41) is 4.37. The highest BCUT2D eigenvalue weighted by Gasteiger charge is 2.03. The van der Waals surface area contributed by atoms with Crippen molar-refractivity contribution in [2.24, 2.45) is 0 Å². The van der Waals surface area contributed by atoms with Crippen molar-refractivity contribution in [2.75, 3.05) is 13.1 Å². The molecule has 0 bridgehead atoms. The van der Waals surface area contributed by atoms with Gasteiger partial charge in [0.1, 0.15) is 0 Å². The molecule has 0 amide bonds. The molecule has 2 rings (SSSR count). The van der Waals surface area contributed by atoms with Gasteiger partial charge in [-0.25, -0.2) is 15.0 Å². The smallest absolute Gasteiger partial charge is 0.189 e. The summed E-state index contributed by atoms with van der Waals surface area (Å²) in [6, 6.07) is 0. The number of fused-ring (bicyclic) bond motifs is 1. The molecule has 0 unspecified atom stereocenters. The molecule has 0 atom stereocenters. The Labute approximate surface area is 86.4 Å². The molecule has 2 aromatic rings. The lowest BCUT2D eigenvalue weighted by Gasteiger charge is -1.96. The number of aromatic nitrogens is 3. The van der Waals surface area contributed by atoms with Crippen LogP contribution in [-0.4, -0.2) is 28.0 Å². The molecule has 0 aromatic carbocycles. The topological polar surface area (TPSA) is 50.7 Å². The predicted molar refractivity (Wildman–Crippen MR) is 57.5 cm³/mol. The molecule has 0 saturated carbocycles. The minimum absolute atomic E-state index is 0.768. The van der Waals surface area contributed by atoms with Crippen LogP contribution in [0.2, 0.25) is 0 Å². The highest BCUT2D eigenvalue weighted by atomic mass is 32.1. The highest BCUT2D eigenvalue weighted by molar-refractivity contribution is 7.18. The number of nitrogens with one attached hydrogen (secondary N) is 1. The summed E-state index contributed by atoms with van der Waals surface area (Å²) in [6.45, 7) is 4.07. The molecule has 0 aliphatic heterocycles. The van der Waals surface area contributed by atoms with Crippen molar-refractivity contribution in [3.63, 3.8) is 0 Å². The van der Waals surface area contributed by atoms with E-state index in [9.17, 15) is 0 Å². The Morgan fingerprint density at radius 3 is 3.00 bits per heavy atom. The van der Waals surface area contributed by atoms with Gasteiger partial charge >= 0.3 is 0 Å². The van der Waals surface area contributed by atoms with Gasteiger partial charge in [-0.15, -0.1) is 0 Å². The molecule has 0 aliphatic carbocycles. The average molecular weight is 208 g/mol. The molecule has 0 spiro atoms. The molecule has 74 valence electrons. The third-order valence-corrected chi connectivity index (χ3v) is 2.87. The van der Waals surface area contributed by atoms with Crippen LogP contribution in [0.4, 0.5) is 0 Å². The van der Waals surface area contributed by atoms with Crippen LogP contribution >= 0.6 is 11.3 Å². The maximum absolute atomic E-state index is 4.39. The predicted octanol–water partition coefficient (Wildman–Crippen LogP) is 1.24. The Morgan fingerprint density at radius 2 is 2.21 bits per heavy atom. The number of likely N-dealkylation sites (N-methyl/N-ethyl adjacent to an activating group) is 1. The van der Waals surface area contributed by atoms with E-state index in [1.165, 1.54) is 0 Å². The first kappa shape index (κ1) is 9.48. The fourth-order valence-corrected chi connectivity index (χ4v) is 2.06.